The molecule has 1 aromatic rings. The maximum Gasteiger partial charge on any atom is 0.310 e. The van der Waals surface area contributed by atoms with Crippen LogP contribution in [0.15, 0.2) is 28.4 Å². The van der Waals surface area contributed by atoms with Gasteiger partial charge in [-0.3, -0.25) is 14.9 Å². The maximum atomic E-state index is 10.9. The number of benzene rings is 1. The number of nitro groups is 1. The second-order valence-corrected chi connectivity index (χ2v) is 4.46. The van der Waals surface area contributed by atoms with Gasteiger partial charge in [0.25, 0.3) is 0 Å². The number of hydrogen-bond donors (Lipinski definition) is 2. The molecule has 1 fully saturated rings. The van der Waals surface area contributed by atoms with Crippen LogP contribution in [0.1, 0.15) is 5.56 Å². The molecule has 0 unspecified atom stereocenters. The Morgan fingerprint density at radius 1 is 1.53 bits per heavy atom. The van der Waals surface area contributed by atoms with Crippen LogP contribution in [-0.4, -0.2) is 33.1 Å². The number of amidine groups is 1. The number of amides is 1. The fraction of sp³-hybridized carbons (Fsp3) is 0.100. The summed E-state index contributed by atoms with van der Waals surface area (Å²) in [4.78, 5) is 20.7. The second kappa shape index (κ2) is 5.48. The third-order valence-corrected chi connectivity index (χ3v) is 3.00. The van der Waals surface area contributed by atoms with Gasteiger partial charge in [0.2, 0.25) is 5.91 Å². The van der Waals surface area contributed by atoms with Crippen molar-refractivity contribution < 1.29 is 14.8 Å². The van der Waals surface area contributed by atoms with Gasteiger partial charge in [-0.25, -0.2) is 0 Å². The van der Waals surface area contributed by atoms with E-state index in [1.165, 1.54) is 36.2 Å². The zero-order chi connectivity index (χ0) is 13.8. The number of rotatable bonds is 3. The second-order valence-electron chi connectivity index (χ2n) is 3.49. The smallest absolute Gasteiger partial charge is 0.310 e. The number of nitro benzene ring substituents is 1. The van der Waals surface area contributed by atoms with Gasteiger partial charge in [-0.2, -0.15) is 5.10 Å². The van der Waals surface area contributed by atoms with Crippen LogP contribution < -0.4 is 5.32 Å². The van der Waals surface area contributed by atoms with Crippen molar-refractivity contribution in [3.63, 3.8) is 0 Å². The fourth-order valence-electron chi connectivity index (χ4n) is 1.30. The molecule has 19 heavy (non-hydrogen) atoms. The molecule has 0 radical (unpaired) electrons. The molecule has 1 aliphatic rings. The van der Waals surface area contributed by atoms with Crippen LogP contribution in [0, 0.1) is 10.1 Å². The van der Waals surface area contributed by atoms with Crippen molar-refractivity contribution in [2.45, 2.75) is 0 Å². The van der Waals surface area contributed by atoms with Gasteiger partial charge in [-0.1, -0.05) is 11.8 Å². The first-order valence-electron chi connectivity index (χ1n) is 5.07. The molecular weight excluding hydrogens is 272 g/mol. The fourth-order valence-corrected chi connectivity index (χ4v) is 1.93. The minimum Gasteiger partial charge on any atom is -0.502 e. The van der Waals surface area contributed by atoms with Crippen molar-refractivity contribution in [3.8, 4) is 5.75 Å². The molecule has 2 rings (SSSR count). The zero-order valence-corrected chi connectivity index (χ0v) is 10.3. The average molecular weight is 280 g/mol. The van der Waals surface area contributed by atoms with E-state index in [-0.39, 0.29) is 11.6 Å². The highest BCUT2D eigenvalue weighted by atomic mass is 32.2. The topological polar surface area (TPSA) is 117 Å². The summed E-state index contributed by atoms with van der Waals surface area (Å²) in [6, 6.07) is 3.82. The Balaban J connectivity index is 2.09. The largest absolute Gasteiger partial charge is 0.502 e. The predicted molar refractivity (Wildman–Crippen MR) is 70.4 cm³/mol. The summed E-state index contributed by atoms with van der Waals surface area (Å²) in [5, 5.41) is 30.3. The first kappa shape index (κ1) is 13.0. The first-order valence-corrected chi connectivity index (χ1v) is 6.06. The Morgan fingerprint density at radius 2 is 2.32 bits per heavy atom. The number of thioether (sulfide) groups is 1. The summed E-state index contributed by atoms with van der Waals surface area (Å²) < 4.78 is 0. The Morgan fingerprint density at radius 3 is 2.89 bits per heavy atom. The lowest BCUT2D eigenvalue weighted by Gasteiger charge is -1.96. The number of aromatic hydroxyl groups is 1. The monoisotopic (exact) mass is 280 g/mol. The molecule has 1 heterocycles. The Hall–Kier alpha value is -2.42. The van der Waals surface area contributed by atoms with Crippen LogP contribution in [0.25, 0.3) is 0 Å². The minimum atomic E-state index is -0.679. The molecule has 9 heteroatoms. The molecule has 2 N–H and O–H groups in total. The minimum absolute atomic E-state index is 0.132. The quantitative estimate of drug-likeness (QED) is 0.483. The van der Waals surface area contributed by atoms with Gasteiger partial charge in [0.15, 0.2) is 10.9 Å². The zero-order valence-electron chi connectivity index (χ0n) is 9.44. The summed E-state index contributed by atoms with van der Waals surface area (Å²) in [5.41, 5.74) is 0.0869. The van der Waals surface area contributed by atoms with Crippen LogP contribution in [0.3, 0.4) is 0 Å². The number of phenolic OH excluding ortho intramolecular Hbond substituents is 1. The first-order chi connectivity index (χ1) is 9.06. The van der Waals surface area contributed by atoms with E-state index >= 15 is 0 Å². The maximum absolute atomic E-state index is 10.9. The van der Waals surface area contributed by atoms with Gasteiger partial charge >= 0.3 is 5.69 Å². The number of carbonyl (C=O) groups excluding carboxylic acids is 1. The average Bonchev–Trinajstić information content (AvgIpc) is 2.75. The third-order valence-electron chi connectivity index (χ3n) is 2.14. The molecule has 0 aliphatic carbocycles. The number of nitrogens with zero attached hydrogens (tertiary/aromatic N) is 3. The molecule has 98 valence electrons. The van der Waals surface area contributed by atoms with Crippen molar-refractivity contribution in [2.24, 2.45) is 10.2 Å². The number of nitrogens with one attached hydrogen (secondary N) is 1. The van der Waals surface area contributed by atoms with Crippen molar-refractivity contribution >= 4 is 34.7 Å². The number of carbonyl (C=O) groups is 1. The molecule has 0 atom stereocenters. The van der Waals surface area contributed by atoms with Gasteiger partial charge in [0.05, 0.1) is 16.9 Å². The van der Waals surface area contributed by atoms with Crippen LogP contribution in [0.4, 0.5) is 5.69 Å². The van der Waals surface area contributed by atoms with E-state index in [4.69, 9.17) is 0 Å². The van der Waals surface area contributed by atoms with Gasteiger partial charge < -0.3 is 10.4 Å². The lowest BCUT2D eigenvalue weighted by molar-refractivity contribution is -0.385. The third kappa shape index (κ3) is 3.28. The van der Waals surface area contributed by atoms with Crippen molar-refractivity contribution in [2.75, 3.05) is 5.75 Å². The van der Waals surface area contributed by atoms with E-state index in [2.05, 4.69) is 15.5 Å². The summed E-state index contributed by atoms with van der Waals surface area (Å²) in [5.74, 6) is -0.260. The molecule has 1 aromatic carbocycles. The van der Waals surface area contributed by atoms with E-state index in [1.54, 1.807) is 0 Å². The predicted octanol–water partition coefficient (Wildman–Crippen LogP) is 0.853. The normalized spacial score (nSPS) is 17.1. The van der Waals surface area contributed by atoms with Gasteiger partial charge in [-0.15, -0.1) is 5.10 Å². The van der Waals surface area contributed by atoms with E-state index in [0.29, 0.717) is 16.5 Å². The molecule has 1 amide bonds. The number of hydrogen-bond acceptors (Lipinski definition) is 7. The molecule has 0 bridgehead atoms. The molecule has 1 saturated heterocycles. The summed E-state index contributed by atoms with van der Waals surface area (Å²) in [7, 11) is 0. The van der Waals surface area contributed by atoms with Crippen molar-refractivity contribution in [1.82, 2.24) is 5.32 Å². The Bertz CT molecular complexity index is 599. The standard InChI is InChI=1S/C10H8N4O4S/c15-8-3-6(1-2-7(8)14(17)18)4-11-13-10-12-9(16)5-19-10/h1-4,15H,5H2,(H,12,13,16). The van der Waals surface area contributed by atoms with Crippen LogP contribution in [-0.2, 0) is 4.79 Å². The van der Waals surface area contributed by atoms with E-state index in [0.717, 1.165) is 0 Å². The van der Waals surface area contributed by atoms with Crippen LogP contribution in [0.2, 0.25) is 0 Å². The van der Waals surface area contributed by atoms with Gasteiger partial charge in [0, 0.05) is 6.07 Å². The molecule has 8 nitrogen and oxygen atoms in total. The lowest BCUT2D eigenvalue weighted by Crippen LogP contribution is -2.19. The Labute approximate surface area is 111 Å². The molecule has 0 saturated carbocycles. The molecule has 0 spiro atoms. The highest BCUT2D eigenvalue weighted by Gasteiger charge is 2.16. The highest BCUT2D eigenvalue weighted by molar-refractivity contribution is 8.15. The summed E-state index contributed by atoms with van der Waals surface area (Å²) >= 11 is 1.23. The van der Waals surface area contributed by atoms with E-state index < -0.39 is 10.7 Å². The van der Waals surface area contributed by atoms with Crippen molar-refractivity contribution in [3.05, 3.63) is 33.9 Å². The molecule has 0 aromatic heterocycles. The lowest BCUT2D eigenvalue weighted by atomic mass is 10.2. The summed E-state index contributed by atoms with van der Waals surface area (Å²) in [6.07, 6.45) is 1.32. The van der Waals surface area contributed by atoms with Crippen LogP contribution in [0.5, 0.6) is 5.75 Å². The Kier molecular flexibility index (Phi) is 3.76. The van der Waals surface area contributed by atoms with E-state index in [9.17, 15) is 20.0 Å². The SMILES string of the molecule is O=C1CSC(=NN=Cc2ccc([N+](=O)[O-])c(O)c2)N1. The van der Waals surface area contributed by atoms with E-state index in [1.807, 2.05) is 0 Å². The number of phenols is 1. The van der Waals surface area contributed by atoms with Gasteiger partial charge in [0.1, 0.15) is 0 Å². The van der Waals surface area contributed by atoms with Crippen molar-refractivity contribution in [1.29, 1.82) is 0 Å². The summed E-state index contributed by atoms with van der Waals surface area (Å²) in [6.45, 7) is 0. The molecular formula is C10H8N4O4S. The van der Waals surface area contributed by atoms with Gasteiger partial charge in [-0.05, 0) is 17.7 Å². The van der Waals surface area contributed by atoms with Crippen LogP contribution >= 0.6 is 11.8 Å². The molecule has 1 aliphatic heterocycles. The highest BCUT2D eigenvalue weighted by Crippen LogP contribution is 2.25.